The normalized spacial score (nSPS) is 11.2. The van der Waals surface area contributed by atoms with Gasteiger partial charge in [0.25, 0.3) is 0 Å². The summed E-state index contributed by atoms with van der Waals surface area (Å²) in [5, 5.41) is 5.12. The molecule has 0 radical (unpaired) electrons. The highest BCUT2D eigenvalue weighted by Gasteiger charge is 2.11. The predicted molar refractivity (Wildman–Crippen MR) is 119 cm³/mol. The highest BCUT2D eigenvalue weighted by Crippen LogP contribution is 2.27. The second-order valence-corrected chi connectivity index (χ2v) is 8.09. The number of nitrogens with zero attached hydrogens (tertiary/aromatic N) is 2. The first-order valence-electron chi connectivity index (χ1n) is 8.56. The molecule has 0 unspecified atom stereocenters. The van der Waals surface area contributed by atoms with Gasteiger partial charge in [0.15, 0.2) is 0 Å². The lowest BCUT2D eigenvalue weighted by atomic mass is 10.1. The lowest BCUT2D eigenvalue weighted by molar-refractivity contribution is -0.120. The van der Waals surface area contributed by atoms with Crippen molar-refractivity contribution in [1.82, 2.24) is 9.99 Å². The predicted octanol–water partition coefficient (Wildman–Crippen LogP) is 5.86. The first kappa shape index (κ1) is 20.6. The summed E-state index contributed by atoms with van der Waals surface area (Å²) in [6.07, 6.45) is 1.92. The summed E-state index contributed by atoms with van der Waals surface area (Å²) in [6.45, 7) is 3.99. The van der Waals surface area contributed by atoms with Crippen LogP contribution in [0.4, 0.5) is 0 Å². The van der Waals surface area contributed by atoms with E-state index in [1.807, 2.05) is 56.3 Å². The van der Waals surface area contributed by atoms with Gasteiger partial charge in [-0.3, -0.25) is 4.79 Å². The average molecular weight is 479 g/mol. The zero-order valence-corrected chi connectivity index (χ0v) is 18.4. The van der Waals surface area contributed by atoms with Crippen LogP contribution in [0.1, 0.15) is 22.5 Å². The molecule has 144 valence electrons. The van der Waals surface area contributed by atoms with Crippen LogP contribution < -0.4 is 5.43 Å². The number of amides is 1. The van der Waals surface area contributed by atoms with Crippen LogP contribution in [0.15, 0.2) is 58.1 Å². The number of nitrogens with one attached hydrogen (secondary N) is 1. The first-order valence-corrected chi connectivity index (χ1v) is 10.1. The van der Waals surface area contributed by atoms with Crippen molar-refractivity contribution >= 4 is 51.3 Å². The number of carbonyl (C=O) groups excluding carboxylic acids is 1. The molecule has 0 spiro atoms. The fourth-order valence-corrected chi connectivity index (χ4v) is 3.50. The SMILES string of the molecule is Cc1cc(/C=N\NC(=O)Cc2ccc(Br)cc2)c(C)n1-c1ccc(Cl)c(Cl)c1. The molecule has 28 heavy (non-hydrogen) atoms. The molecule has 0 saturated heterocycles. The molecule has 1 amide bonds. The van der Waals surface area contributed by atoms with Crippen molar-refractivity contribution in [2.24, 2.45) is 5.10 Å². The molecular formula is C21H18BrCl2N3O. The van der Waals surface area contributed by atoms with Crippen LogP contribution in [0, 0.1) is 13.8 Å². The fourth-order valence-electron chi connectivity index (χ4n) is 2.94. The van der Waals surface area contributed by atoms with Crippen LogP contribution in [-0.4, -0.2) is 16.7 Å². The van der Waals surface area contributed by atoms with Gasteiger partial charge in [0.05, 0.1) is 22.7 Å². The van der Waals surface area contributed by atoms with Gasteiger partial charge < -0.3 is 4.57 Å². The number of hydrazone groups is 1. The number of aromatic nitrogens is 1. The standard InChI is InChI=1S/C21H18BrCl2N3O/c1-13-9-16(14(2)27(13)18-7-8-19(23)20(24)11-18)12-25-26-21(28)10-15-3-5-17(22)6-4-15/h3-9,11-12H,10H2,1-2H3,(H,26,28)/b25-12-. The van der Waals surface area contributed by atoms with Gasteiger partial charge in [0, 0.05) is 27.1 Å². The van der Waals surface area contributed by atoms with E-state index >= 15 is 0 Å². The number of hydrogen-bond acceptors (Lipinski definition) is 2. The fraction of sp³-hybridized carbons (Fsp3) is 0.143. The maximum atomic E-state index is 12.1. The summed E-state index contributed by atoms with van der Waals surface area (Å²) in [7, 11) is 0. The van der Waals surface area contributed by atoms with E-state index in [-0.39, 0.29) is 12.3 Å². The molecule has 0 atom stereocenters. The Hall–Kier alpha value is -2.08. The van der Waals surface area contributed by atoms with Crippen LogP contribution in [0.5, 0.6) is 0 Å². The first-order chi connectivity index (χ1) is 13.3. The smallest absolute Gasteiger partial charge is 0.244 e. The molecule has 1 N–H and O–H groups in total. The summed E-state index contributed by atoms with van der Waals surface area (Å²) in [4.78, 5) is 12.1. The van der Waals surface area contributed by atoms with Crippen molar-refractivity contribution in [3.8, 4) is 5.69 Å². The van der Waals surface area contributed by atoms with E-state index in [9.17, 15) is 4.79 Å². The zero-order chi connectivity index (χ0) is 20.3. The van der Waals surface area contributed by atoms with Gasteiger partial charge in [0.1, 0.15) is 0 Å². The molecule has 0 aliphatic rings. The zero-order valence-electron chi connectivity index (χ0n) is 15.3. The van der Waals surface area contributed by atoms with E-state index < -0.39 is 0 Å². The minimum Gasteiger partial charge on any atom is -0.318 e. The molecule has 0 aliphatic carbocycles. The lowest BCUT2D eigenvalue weighted by Crippen LogP contribution is -2.19. The third-order valence-corrected chi connectivity index (χ3v) is 5.57. The van der Waals surface area contributed by atoms with Crippen molar-refractivity contribution in [3.63, 3.8) is 0 Å². The number of rotatable bonds is 5. The molecule has 0 fully saturated rings. The molecule has 4 nitrogen and oxygen atoms in total. The summed E-state index contributed by atoms with van der Waals surface area (Å²) in [6, 6.07) is 15.1. The Balaban J connectivity index is 1.71. The van der Waals surface area contributed by atoms with Gasteiger partial charge in [-0.1, -0.05) is 51.3 Å². The maximum absolute atomic E-state index is 12.1. The third kappa shape index (κ3) is 4.85. The summed E-state index contributed by atoms with van der Waals surface area (Å²) in [5.41, 5.74) is 7.35. The Morgan fingerprint density at radius 1 is 1.11 bits per heavy atom. The summed E-state index contributed by atoms with van der Waals surface area (Å²) in [5.74, 6) is -0.170. The van der Waals surface area contributed by atoms with Crippen LogP contribution in [-0.2, 0) is 11.2 Å². The summed E-state index contributed by atoms with van der Waals surface area (Å²) >= 11 is 15.5. The second kappa shape index (κ2) is 8.95. The van der Waals surface area contributed by atoms with Crippen LogP contribution in [0.25, 0.3) is 5.69 Å². The Kier molecular flexibility index (Phi) is 6.60. The monoisotopic (exact) mass is 477 g/mol. The Labute approximate surface area is 182 Å². The largest absolute Gasteiger partial charge is 0.318 e. The Morgan fingerprint density at radius 2 is 1.82 bits per heavy atom. The van der Waals surface area contributed by atoms with Gasteiger partial charge in [-0.2, -0.15) is 5.10 Å². The molecular weight excluding hydrogens is 461 g/mol. The second-order valence-electron chi connectivity index (χ2n) is 6.36. The van der Waals surface area contributed by atoms with E-state index in [0.717, 1.165) is 32.7 Å². The topological polar surface area (TPSA) is 46.4 Å². The van der Waals surface area contributed by atoms with Crippen LogP contribution in [0.3, 0.4) is 0 Å². The van der Waals surface area contributed by atoms with Crippen molar-refractivity contribution in [2.45, 2.75) is 20.3 Å². The van der Waals surface area contributed by atoms with Crippen molar-refractivity contribution in [3.05, 3.63) is 85.6 Å². The molecule has 0 aliphatic heterocycles. The van der Waals surface area contributed by atoms with Gasteiger partial charge >= 0.3 is 0 Å². The molecule has 1 heterocycles. The lowest BCUT2D eigenvalue weighted by Gasteiger charge is -2.10. The molecule has 0 saturated carbocycles. The molecule has 0 bridgehead atoms. The number of carbonyl (C=O) groups is 1. The third-order valence-electron chi connectivity index (χ3n) is 4.30. The van der Waals surface area contributed by atoms with E-state index in [1.165, 1.54) is 0 Å². The van der Waals surface area contributed by atoms with E-state index in [0.29, 0.717) is 10.0 Å². The Bertz CT molecular complexity index is 1040. The average Bonchev–Trinajstić information content (AvgIpc) is 2.93. The van der Waals surface area contributed by atoms with Crippen molar-refractivity contribution < 1.29 is 4.79 Å². The molecule has 7 heteroatoms. The van der Waals surface area contributed by atoms with Crippen LogP contribution in [0.2, 0.25) is 10.0 Å². The number of halogens is 3. The highest BCUT2D eigenvalue weighted by molar-refractivity contribution is 9.10. The van der Waals surface area contributed by atoms with E-state index in [1.54, 1.807) is 12.3 Å². The minimum atomic E-state index is -0.170. The van der Waals surface area contributed by atoms with Gasteiger partial charge in [-0.15, -0.1) is 0 Å². The van der Waals surface area contributed by atoms with Gasteiger partial charge in [-0.05, 0) is 55.8 Å². The number of benzene rings is 2. The Morgan fingerprint density at radius 3 is 2.50 bits per heavy atom. The quantitative estimate of drug-likeness (QED) is 0.362. The molecule has 3 rings (SSSR count). The molecule has 3 aromatic rings. The van der Waals surface area contributed by atoms with Crippen molar-refractivity contribution in [1.29, 1.82) is 0 Å². The molecule has 1 aromatic heterocycles. The van der Waals surface area contributed by atoms with E-state index in [4.69, 9.17) is 23.2 Å². The highest BCUT2D eigenvalue weighted by atomic mass is 79.9. The number of hydrogen-bond donors (Lipinski definition) is 1. The summed E-state index contributed by atoms with van der Waals surface area (Å²) < 4.78 is 3.04. The van der Waals surface area contributed by atoms with E-state index in [2.05, 4.69) is 31.0 Å². The van der Waals surface area contributed by atoms with Gasteiger partial charge in [0.2, 0.25) is 5.91 Å². The van der Waals surface area contributed by atoms with Gasteiger partial charge in [-0.25, -0.2) is 5.43 Å². The molecule has 2 aromatic carbocycles. The van der Waals surface area contributed by atoms with Crippen molar-refractivity contribution in [2.75, 3.05) is 0 Å². The van der Waals surface area contributed by atoms with Crippen LogP contribution >= 0.6 is 39.1 Å². The number of aryl methyl sites for hydroxylation is 1. The maximum Gasteiger partial charge on any atom is 0.244 e. The minimum absolute atomic E-state index is 0.170.